The van der Waals surface area contributed by atoms with Gasteiger partial charge in [0.1, 0.15) is 0 Å². The van der Waals surface area contributed by atoms with Crippen LogP contribution in [0.2, 0.25) is 0 Å². The van der Waals surface area contributed by atoms with E-state index < -0.39 is 0 Å². The van der Waals surface area contributed by atoms with E-state index in [1.165, 1.54) is 0 Å². The topological polar surface area (TPSA) is 65.5 Å². The molecule has 1 amide bonds. The zero-order valence-electron chi connectivity index (χ0n) is 14.4. The molecule has 0 saturated carbocycles. The van der Waals surface area contributed by atoms with Gasteiger partial charge in [-0.05, 0) is 44.4 Å². The van der Waals surface area contributed by atoms with Crippen molar-refractivity contribution in [3.8, 4) is 0 Å². The fourth-order valence-corrected chi connectivity index (χ4v) is 2.10. The highest BCUT2D eigenvalue weighted by Gasteiger charge is 2.04. The summed E-state index contributed by atoms with van der Waals surface area (Å²) in [4.78, 5) is 16.2. The Hall–Kier alpha value is -2.30. The number of hydrogen-bond donors (Lipinski definition) is 3. The van der Waals surface area contributed by atoms with Crippen LogP contribution in [0.4, 0.5) is 0 Å². The Kier molecular flexibility index (Phi) is 9.20. The maximum absolute atomic E-state index is 11.6. The monoisotopic (exact) mass is 316 g/mol. The Balaban J connectivity index is 2.50. The average Bonchev–Trinajstić information content (AvgIpc) is 2.58. The fraction of sp³-hybridized carbons (Fsp3) is 0.444. The lowest BCUT2D eigenvalue weighted by Crippen LogP contribution is -2.38. The highest BCUT2D eigenvalue weighted by Crippen LogP contribution is 2.05. The molecular weight excluding hydrogens is 288 g/mol. The van der Waals surface area contributed by atoms with Crippen molar-refractivity contribution in [3.63, 3.8) is 0 Å². The standard InChI is InChI=1S/C18H28N4O/c1-4-6-7-12-21-18(20-5-2)22-13-11-15-9-8-10-16(14-15)17(23)19-3/h4,6,8-10,14H,5,7,11-13H2,1-3H3,(H,19,23)(H2,20,21,22)/b6-4+. The summed E-state index contributed by atoms with van der Waals surface area (Å²) in [6.07, 6.45) is 5.93. The second-order valence-electron chi connectivity index (χ2n) is 5.07. The van der Waals surface area contributed by atoms with Crippen LogP contribution in [0.5, 0.6) is 0 Å². The second-order valence-corrected chi connectivity index (χ2v) is 5.07. The van der Waals surface area contributed by atoms with Gasteiger partial charge in [-0.2, -0.15) is 0 Å². The minimum absolute atomic E-state index is 0.0568. The molecule has 0 unspecified atom stereocenters. The molecule has 5 nitrogen and oxygen atoms in total. The van der Waals surface area contributed by atoms with Crippen molar-refractivity contribution in [2.75, 3.05) is 26.7 Å². The third kappa shape index (κ3) is 7.49. The van der Waals surface area contributed by atoms with Crippen LogP contribution < -0.4 is 16.0 Å². The zero-order chi connectivity index (χ0) is 16.9. The van der Waals surface area contributed by atoms with Gasteiger partial charge in [0.05, 0.1) is 0 Å². The molecule has 1 aromatic rings. The van der Waals surface area contributed by atoms with Gasteiger partial charge in [0.25, 0.3) is 5.91 Å². The molecule has 126 valence electrons. The maximum atomic E-state index is 11.6. The Bertz CT molecular complexity index is 538. The van der Waals surface area contributed by atoms with Gasteiger partial charge in [-0.15, -0.1) is 0 Å². The fourth-order valence-electron chi connectivity index (χ4n) is 2.10. The average molecular weight is 316 g/mol. The first-order chi connectivity index (χ1) is 11.2. The van der Waals surface area contributed by atoms with Crippen LogP contribution in [0.1, 0.15) is 36.2 Å². The van der Waals surface area contributed by atoms with E-state index in [1.54, 1.807) is 7.05 Å². The molecule has 0 aliphatic heterocycles. The van der Waals surface area contributed by atoms with E-state index >= 15 is 0 Å². The summed E-state index contributed by atoms with van der Waals surface area (Å²) >= 11 is 0. The van der Waals surface area contributed by atoms with Crippen molar-refractivity contribution in [1.82, 2.24) is 16.0 Å². The van der Waals surface area contributed by atoms with Gasteiger partial charge in [-0.3, -0.25) is 9.79 Å². The van der Waals surface area contributed by atoms with Gasteiger partial charge in [0.15, 0.2) is 5.96 Å². The number of allylic oxidation sites excluding steroid dienone is 1. The molecule has 0 bridgehead atoms. The largest absolute Gasteiger partial charge is 0.357 e. The van der Waals surface area contributed by atoms with E-state index in [0.29, 0.717) is 5.56 Å². The Morgan fingerprint density at radius 1 is 1.30 bits per heavy atom. The van der Waals surface area contributed by atoms with Crippen LogP contribution in [0.25, 0.3) is 0 Å². The number of amides is 1. The molecule has 3 N–H and O–H groups in total. The number of benzene rings is 1. The summed E-state index contributed by atoms with van der Waals surface area (Å²) in [7, 11) is 1.64. The number of rotatable bonds is 8. The first kappa shape index (κ1) is 18.7. The minimum atomic E-state index is -0.0568. The van der Waals surface area contributed by atoms with E-state index in [-0.39, 0.29) is 5.91 Å². The molecule has 0 aromatic heterocycles. The molecule has 5 heteroatoms. The third-order valence-electron chi connectivity index (χ3n) is 3.27. The lowest BCUT2D eigenvalue weighted by Gasteiger charge is -2.11. The van der Waals surface area contributed by atoms with Gasteiger partial charge in [0.2, 0.25) is 0 Å². The SMILES string of the molecule is C/C=C/CCN=C(NCC)NCCc1cccc(C(=O)NC)c1. The lowest BCUT2D eigenvalue weighted by molar-refractivity contribution is 0.0963. The van der Waals surface area contributed by atoms with Crippen LogP contribution in [-0.2, 0) is 6.42 Å². The molecule has 1 rings (SSSR count). The third-order valence-corrected chi connectivity index (χ3v) is 3.27. The Morgan fingerprint density at radius 3 is 2.83 bits per heavy atom. The predicted molar refractivity (Wildman–Crippen MR) is 96.9 cm³/mol. The molecule has 0 radical (unpaired) electrons. The number of nitrogens with one attached hydrogen (secondary N) is 3. The molecule has 0 aliphatic rings. The van der Waals surface area contributed by atoms with Gasteiger partial charge in [0, 0.05) is 32.2 Å². The number of guanidine groups is 1. The Labute approximate surface area is 139 Å². The van der Waals surface area contributed by atoms with Gasteiger partial charge in [-0.25, -0.2) is 0 Å². The number of hydrogen-bond acceptors (Lipinski definition) is 2. The van der Waals surface area contributed by atoms with Crippen LogP contribution >= 0.6 is 0 Å². The molecular formula is C18H28N4O. The van der Waals surface area contributed by atoms with Crippen molar-refractivity contribution < 1.29 is 4.79 Å². The molecule has 0 atom stereocenters. The maximum Gasteiger partial charge on any atom is 0.251 e. The molecule has 23 heavy (non-hydrogen) atoms. The summed E-state index contributed by atoms with van der Waals surface area (Å²) in [6.45, 7) is 6.44. The van der Waals surface area contributed by atoms with E-state index in [2.05, 4.69) is 33.9 Å². The van der Waals surface area contributed by atoms with Gasteiger partial charge < -0.3 is 16.0 Å². The first-order valence-corrected chi connectivity index (χ1v) is 8.15. The van der Waals surface area contributed by atoms with Crippen LogP contribution in [0, 0.1) is 0 Å². The van der Waals surface area contributed by atoms with Crippen LogP contribution in [0.15, 0.2) is 41.4 Å². The van der Waals surface area contributed by atoms with Crippen molar-refractivity contribution in [2.45, 2.75) is 26.7 Å². The number of aliphatic imine (C=N–C) groups is 1. The predicted octanol–water partition coefficient (Wildman–Crippen LogP) is 2.11. The summed E-state index contributed by atoms with van der Waals surface area (Å²) < 4.78 is 0. The summed E-state index contributed by atoms with van der Waals surface area (Å²) in [6, 6.07) is 7.69. The summed E-state index contributed by atoms with van der Waals surface area (Å²) in [5.41, 5.74) is 1.82. The minimum Gasteiger partial charge on any atom is -0.357 e. The highest BCUT2D eigenvalue weighted by molar-refractivity contribution is 5.94. The van der Waals surface area contributed by atoms with E-state index in [9.17, 15) is 4.79 Å². The Morgan fingerprint density at radius 2 is 2.13 bits per heavy atom. The second kappa shape index (κ2) is 11.3. The van der Waals surface area contributed by atoms with Crippen LogP contribution in [-0.4, -0.2) is 38.5 Å². The summed E-state index contributed by atoms with van der Waals surface area (Å²) in [5, 5.41) is 9.20. The quantitative estimate of drug-likeness (QED) is 0.298. The van der Waals surface area contributed by atoms with E-state index in [0.717, 1.165) is 44.0 Å². The lowest BCUT2D eigenvalue weighted by atomic mass is 10.1. The van der Waals surface area contributed by atoms with Gasteiger partial charge >= 0.3 is 0 Å². The normalized spacial score (nSPS) is 11.5. The summed E-state index contributed by atoms with van der Waals surface area (Å²) in [5.74, 6) is 0.776. The van der Waals surface area contributed by atoms with Crippen LogP contribution in [0.3, 0.4) is 0 Å². The van der Waals surface area contributed by atoms with Crippen molar-refractivity contribution >= 4 is 11.9 Å². The van der Waals surface area contributed by atoms with Crippen molar-refractivity contribution in [3.05, 3.63) is 47.5 Å². The molecule has 0 aliphatic carbocycles. The number of carbonyl (C=O) groups excluding carboxylic acids is 1. The molecule has 0 spiro atoms. The van der Waals surface area contributed by atoms with E-state index in [4.69, 9.17) is 0 Å². The molecule has 0 fully saturated rings. The van der Waals surface area contributed by atoms with Gasteiger partial charge in [-0.1, -0.05) is 24.3 Å². The highest BCUT2D eigenvalue weighted by atomic mass is 16.1. The smallest absolute Gasteiger partial charge is 0.251 e. The molecule has 0 heterocycles. The van der Waals surface area contributed by atoms with E-state index in [1.807, 2.05) is 37.3 Å². The number of carbonyl (C=O) groups is 1. The first-order valence-electron chi connectivity index (χ1n) is 8.15. The molecule has 1 aromatic carbocycles. The molecule has 0 saturated heterocycles. The number of nitrogens with zero attached hydrogens (tertiary/aromatic N) is 1. The van der Waals surface area contributed by atoms with Crippen molar-refractivity contribution in [2.24, 2.45) is 4.99 Å². The van der Waals surface area contributed by atoms with Crippen molar-refractivity contribution in [1.29, 1.82) is 0 Å². The zero-order valence-corrected chi connectivity index (χ0v) is 14.4.